The van der Waals surface area contributed by atoms with Crippen molar-refractivity contribution in [3.05, 3.63) is 182 Å². The van der Waals surface area contributed by atoms with E-state index in [1.165, 1.54) is 103 Å². The zero-order chi connectivity index (χ0) is 35.8. The minimum absolute atomic E-state index is 0.910. The Labute approximate surface area is 315 Å². The van der Waals surface area contributed by atoms with Crippen LogP contribution in [0.2, 0.25) is 0 Å². The molecule has 1 heterocycles. The Morgan fingerprint density at radius 1 is 0.255 bits per heavy atom. The standard InChI is InChI=1S/C54H30O/c1-2-7-31(8-3-1)40-21-15-35-20-26-45-42(23-17-36-19-25-43(40)52(35)53(36)45)47-28-39(29-48-46-27-37-9-4-5-10-38(37)30-49(46)55-54(47)48)41-22-16-34-14-13-32-11-6-12-33-18-24-44(41)51(34)50(32)33/h1-30H. The maximum atomic E-state index is 6.98. The van der Waals surface area contributed by atoms with E-state index < -0.39 is 0 Å². The smallest absolute Gasteiger partial charge is 0.143 e. The van der Waals surface area contributed by atoms with Gasteiger partial charge in [0.15, 0.2) is 0 Å². The summed E-state index contributed by atoms with van der Waals surface area (Å²) >= 11 is 0. The SMILES string of the molecule is c1ccc(-c2ccc3ccc4c(-c5cc(-c6ccc7ccc8cccc9ccc6c7c89)cc6c5oc5cc7ccccc7cc56)ccc5ccc2c3c54)cc1. The van der Waals surface area contributed by atoms with Gasteiger partial charge in [-0.05, 0) is 127 Å². The van der Waals surface area contributed by atoms with Crippen LogP contribution in [0.1, 0.15) is 0 Å². The molecule has 0 spiro atoms. The van der Waals surface area contributed by atoms with E-state index in [1.54, 1.807) is 0 Å². The lowest BCUT2D eigenvalue weighted by atomic mass is 9.85. The average Bonchev–Trinajstić information content (AvgIpc) is 3.61. The van der Waals surface area contributed by atoms with Gasteiger partial charge in [-0.3, -0.25) is 0 Å². The second kappa shape index (κ2) is 10.7. The zero-order valence-corrected chi connectivity index (χ0v) is 29.7. The Bertz CT molecular complexity index is 3680. The van der Waals surface area contributed by atoms with E-state index >= 15 is 0 Å². The first kappa shape index (κ1) is 29.3. The molecule has 0 aliphatic rings. The third-order valence-electron chi connectivity index (χ3n) is 12.3. The van der Waals surface area contributed by atoms with Gasteiger partial charge in [-0.1, -0.05) is 158 Å². The van der Waals surface area contributed by atoms with Gasteiger partial charge in [0.25, 0.3) is 0 Å². The maximum Gasteiger partial charge on any atom is 0.143 e. The fourth-order valence-electron chi connectivity index (χ4n) is 9.81. The molecule has 1 nitrogen and oxygen atoms in total. The summed E-state index contributed by atoms with van der Waals surface area (Å²) in [4.78, 5) is 0. The van der Waals surface area contributed by atoms with Gasteiger partial charge in [-0.2, -0.15) is 0 Å². The van der Waals surface area contributed by atoms with Crippen LogP contribution < -0.4 is 0 Å². The van der Waals surface area contributed by atoms with Crippen LogP contribution in [0.3, 0.4) is 0 Å². The third-order valence-corrected chi connectivity index (χ3v) is 12.3. The Balaban J connectivity index is 1.15. The van der Waals surface area contributed by atoms with Crippen molar-refractivity contribution >= 4 is 97.3 Å². The molecule has 0 aliphatic heterocycles. The Morgan fingerprint density at radius 3 is 1.42 bits per heavy atom. The van der Waals surface area contributed by atoms with Crippen molar-refractivity contribution < 1.29 is 4.42 Å². The molecule has 12 aromatic carbocycles. The van der Waals surface area contributed by atoms with Crippen LogP contribution in [0.15, 0.2) is 186 Å². The van der Waals surface area contributed by atoms with Crippen molar-refractivity contribution in [2.45, 2.75) is 0 Å². The van der Waals surface area contributed by atoms with Crippen LogP contribution in [-0.4, -0.2) is 0 Å². The Morgan fingerprint density at radius 2 is 0.745 bits per heavy atom. The number of hydrogen-bond donors (Lipinski definition) is 0. The highest BCUT2D eigenvalue weighted by Gasteiger charge is 2.21. The summed E-state index contributed by atoms with van der Waals surface area (Å²) in [5, 5.41) is 20.1. The minimum atomic E-state index is 0.910. The monoisotopic (exact) mass is 694 g/mol. The molecule has 13 rings (SSSR count). The molecular weight excluding hydrogens is 665 g/mol. The average molecular weight is 695 g/mol. The molecular formula is C54H30O. The van der Waals surface area contributed by atoms with Crippen molar-refractivity contribution in [2.24, 2.45) is 0 Å². The molecule has 0 amide bonds. The van der Waals surface area contributed by atoms with E-state index in [4.69, 9.17) is 4.42 Å². The van der Waals surface area contributed by atoms with Crippen LogP contribution in [-0.2, 0) is 0 Å². The van der Waals surface area contributed by atoms with Gasteiger partial charge < -0.3 is 4.42 Å². The molecule has 0 saturated carbocycles. The van der Waals surface area contributed by atoms with E-state index in [0.29, 0.717) is 0 Å². The number of furan rings is 1. The number of rotatable bonds is 3. The molecule has 252 valence electrons. The Kier molecular flexibility index (Phi) is 5.69. The van der Waals surface area contributed by atoms with Crippen LogP contribution in [0, 0.1) is 0 Å². The number of hydrogen-bond acceptors (Lipinski definition) is 1. The number of fused-ring (bicyclic) bond motifs is 4. The first-order chi connectivity index (χ1) is 27.2. The van der Waals surface area contributed by atoms with E-state index in [-0.39, 0.29) is 0 Å². The van der Waals surface area contributed by atoms with Crippen LogP contribution in [0.4, 0.5) is 0 Å². The number of benzene rings is 12. The molecule has 1 heteroatoms. The van der Waals surface area contributed by atoms with Crippen LogP contribution in [0.5, 0.6) is 0 Å². The van der Waals surface area contributed by atoms with E-state index in [9.17, 15) is 0 Å². The van der Waals surface area contributed by atoms with Crippen molar-refractivity contribution in [3.63, 3.8) is 0 Å². The van der Waals surface area contributed by atoms with Crippen molar-refractivity contribution in [1.82, 2.24) is 0 Å². The molecule has 0 aliphatic carbocycles. The lowest BCUT2D eigenvalue weighted by Gasteiger charge is -2.18. The van der Waals surface area contributed by atoms with Gasteiger partial charge in [0, 0.05) is 16.3 Å². The first-order valence-corrected chi connectivity index (χ1v) is 19.1. The van der Waals surface area contributed by atoms with E-state index in [0.717, 1.165) is 27.5 Å². The van der Waals surface area contributed by atoms with Crippen molar-refractivity contribution in [2.75, 3.05) is 0 Å². The maximum absolute atomic E-state index is 6.98. The molecule has 0 fully saturated rings. The fourth-order valence-corrected chi connectivity index (χ4v) is 9.81. The summed E-state index contributed by atoms with van der Waals surface area (Å²) in [6.07, 6.45) is 0. The molecule has 0 radical (unpaired) electrons. The normalized spacial score (nSPS) is 12.4. The summed E-state index contributed by atoms with van der Waals surface area (Å²) < 4.78 is 6.98. The van der Waals surface area contributed by atoms with Crippen molar-refractivity contribution in [1.29, 1.82) is 0 Å². The van der Waals surface area contributed by atoms with Crippen LogP contribution in [0.25, 0.3) is 131 Å². The first-order valence-electron chi connectivity index (χ1n) is 19.1. The highest BCUT2D eigenvalue weighted by Crippen LogP contribution is 2.48. The van der Waals surface area contributed by atoms with Gasteiger partial charge in [0.2, 0.25) is 0 Å². The third kappa shape index (κ3) is 4.02. The largest absolute Gasteiger partial charge is 0.455 e. The second-order valence-electron chi connectivity index (χ2n) is 15.2. The fraction of sp³-hybridized carbons (Fsp3) is 0. The summed E-state index contributed by atoms with van der Waals surface area (Å²) in [5.41, 5.74) is 9.04. The quantitative estimate of drug-likeness (QED) is 0.168. The molecule has 0 N–H and O–H groups in total. The summed E-state index contributed by atoms with van der Waals surface area (Å²) in [7, 11) is 0. The second-order valence-corrected chi connectivity index (χ2v) is 15.2. The van der Waals surface area contributed by atoms with Gasteiger partial charge in [0.05, 0.1) is 0 Å². The minimum Gasteiger partial charge on any atom is -0.455 e. The molecule has 0 atom stereocenters. The van der Waals surface area contributed by atoms with E-state index in [2.05, 4.69) is 182 Å². The van der Waals surface area contributed by atoms with Gasteiger partial charge in [-0.15, -0.1) is 0 Å². The topological polar surface area (TPSA) is 13.1 Å². The Hall–Kier alpha value is -7.22. The predicted molar refractivity (Wildman–Crippen MR) is 235 cm³/mol. The van der Waals surface area contributed by atoms with Gasteiger partial charge in [0.1, 0.15) is 11.2 Å². The summed E-state index contributed by atoms with van der Waals surface area (Å²) in [5.74, 6) is 0. The zero-order valence-electron chi connectivity index (χ0n) is 29.7. The van der Waals surface area contributed by atoms with E-state index in [1.807, 2.05) is 0 Å². The molecule has 0 bridgehead atoms. The van der Waals surface area contributed by atoms with Crippen molar-refractivity contribution in [3.8, 4) is 33.4 Å². The lowest BCUT2D eigenvalue weighted by molar-refractivity contribution is 0.670. The molecule has 13 aromatic rings. The lowest BCUT2D eigenvalue weighted by Crippen LogP contribution is -1.91. The van der Waals surface area contributed by atoms with Gasteiger partial charge in [-0.25, -0.2) is 0 Å². The highest BCUT2D eigenvalue weighted by atomic mass is 16.3. The molecule has 0 saturated heterocycles. The molecule has 1 aromatic heterocycles. The summed E-state index contributed by atoms with van der Waals surface area (Å²) in [6.45, 7) is 0. The molecule has 0 unspecified atom stereocenters. The van der Waals surface area contributed by atoms with Crippen LogP contribution >= 0.6 is 0 Å². The highest BCUT2D eigenvalue weighted by molar-refractivity contribution is 6.29. The summed E-state index contributed by atoms with van der Waals surface area (Å²) in [6, 6.07) is 67.4. The molecule has 55 heavy (non-hydrogen) atoms. The predicted octanol–water partition coefficient (Wildman–Crippen LogP) is 15.5. The van der Waals surface area contributed by atoms with Gasteiger partial charge >= 0.3 is 0 Å².